The summed E-state index contributed by atoms with van der Waals surface area (Å²) < 4.78 is 11.3. The molecule has 0 aliphatic heterocycles. The summed E-state index contributed by atoms with van der Waals surface area (Å²) >= 11 is 0. The van der Waals surface area contributed by atoms with E-state index in [2.05, 4.69) is 22.3 Å². The van der Waals surface area contributed by atoms with Crippen molar-refractivity contribution < 1.29 is 9.47 Å². The molecule has 0 atom stereocenters. The predicted octanol–water partition coefficient (Wildman–Crippen LogP) is 2.69. The Morgan fingerprint density at radius 3 is 2.57 bits per heavy atom. The molecule has 3 N–H and O–H groups in total. The Morgan fingerprint density at radius 2 is 1.95 bits per heavy atom. The minimum absolute atomic E-state index is 0.475. The molecule has 0 aliphatic carbocycles. The van der Waals surface area contributed by atoms with Gasteiger partial charge < -0.3 is 14.9 Å². The van der Waals surface area contributed by atoms with Crippen LogP contribution in [0.1, 0.15) is 25.0 Å². The van der Waals surface area contributed by atoms with E-state index in [1.807, 2.05) is 25.1 Å². The molecule has 0 amide bonds. The minimum atomic E-state index is 0.475. The lowest BCUT2D eigenvalue weighted by atomic mass is 10.1. The molecule has 0 fully saturated rings. The number of benzene rings is 1. The molecule has 1 heterocycles. The van der Waals surface area contributed by atoms with Crippen molar-refractivity contribution in [1.82, 2.24) is 9.97 Å². The Kier molecular flexibility index (Phi) is 4.94. The fourth-order valence-corrected chi connectivity index (χ4v) is 2.05. The molecule has 0 bridgehead atoms. The summed E-state index contributed by atoms with van der Waals surface area (Å²) in [5.41, 5.74) is 4.56. The van der Waals surface area contributed by atoms with Crippen LogP contribution >= 0.6 is 0 Å². The molecule has 6 nitrogen and oxygen atoms in total. The third-order valence-corrected chi connectivity index (χ3v) is 3.24. The van der Waals surface area contributed by atoms with E-state index in [-0.39, 0.29) is 0 Å². The van der Waals surface area contributed by atoms with Crippen molar-refractivity contribution in [2.75, 3.05) is 12.5 Å². The lowest BCUT2D eigenvalue weighted by molar-refractivity contribution is 0.372. The van der Waals surface area contributed by atoms with Gasteiger partial charge in [-0.2, -0.15) is 0 Å². The molecule has 112 valence electrons. The lowest BCUT2D eigenvalue weighted by Crippen LogP contribution is -2.12. The highest BCUT2D eigenvalue weighted by Crippen LogP contribution is 2.34. The molecule has 2 aromatic rings. The number of nitrogens with one attached hydrogen (secondary N) is 1. The van der Waals surface area contributed by atoms with Crippen LogP contribution < -0.4 is 20.7 Å². The number of anilines is 1. The molecule has 21 heavy (non-hydrogen) atoms. The van der Waals surface area contributed by atoms with E-state index in [9.17, 15) is 0 Å². The summed E-state index contributed by atoms with van der Waals surface area (Å²) in [6.45, 7) is 4.08. The molecule has 1 aromatic carbocycles. The maximum atomic E-state index is 5.89. The van der Waals surface area contributed by atoms with Crippen molar-refractivity contribution in [1.29, 1.82) is 0 Å². The second-order valence-corrected chi connectivity index (χ2v) is 4.44. The van der Waals surface area contributed by atoms with Crippen LogP contribution in [0.3, 0.4) is 0 Å². The van der Waals surface area contributed by atoms with Crippen molar-refractivity contribution in [2.45, 2.75) is 26.7 Å². The van der Waals surface area contributed by atoms with Crippen LogP contribution in [0.5, 0.6) is 17.4 Å². The molecular weight excluding hydrogens is 268 g/mol. The molecular formula is C15H20N4O2. The predicted molar refractivity (Wildman–Crippen MR) is 81.7 cm³/mol. The van der Waals surface area contributed by atoms with Gasteiger partial charge in [0.1, 0.15) is 12.1 Å². The zero-order chi connectivity index (χ0) is 15.2. The maximum Gasteiger partial charge on any atom is 0.227 e. The second kappa shape index (κ2) is 6.90. The van der Waals surface area contributed by atoms with Gasteiger partial charge in [-0.15, -0.1) is 0 Å². The first kappa shape index (κ1) is 15.1. The fraction of sp³-hybridized carbons (Fsp3) is 0.333. The molecule has 1 aromatic heterocycles. The van der Waals surface area contributed by atoms with E-state index >= 15 is 0 Å². The Labute approximate surface area is 124 Å². The Bertz CT molecular complexity index is 617. The third kappa shape index (κ3) is 3.22. The van der Waals surface area contributed by atoms with E-state index in [1.54, 1.807) is 7.11 Å². The molecule has 0 saturated carbocycles. The van der Waals surface area contributed by atoms with Crippen molar-refractivity contribution in [3.8, 4) is 17.4 Å². The Hall–Kier alpha value is -2.34. The number of hydrogen-bond acceptors (Lipinski definition) is 6. The zero-order valence-corrected chi connectivity index (χ0v) is 12.5. The van der Waals surface area contributed by atoms with Crippen LogP contribution in [0.2, 0.25) is 0 Å². The summed E-state index contributed by atoms with van der Waals surface area (Å²) in [6.07, 6.45) is 3.05. The van der Waals surface area contributed by atoms with E-state index < -0.39 is 0 Å². The van der Waals surface area contributed by atoms with Crippen LogP contribution in [0.15, 0.2) is 24.5 Å². The molecule has 0 unspecified atom stereocenters. The second-order valence-electron chi connectivity index (χ2n) is 4.44. The van der Waals surface area contributed by atoms with Crippen LogP contribution in [0.25, 0.3) is 0 Å². The van der Waals surface area contributed by atoms with Gasteiger partial charge in [-0.25, -0.2) is 15.8 Å². The maximum absolute atomic E-state index is 5.89. The monoisotopic (exact) mass is 288 g/mol. The minimum Gasteiger partial charge on any atom is -0.493 e. The van der Waals surface area contributed by atoms with Crippen LogP contribution in [0.4, 0.5) is 5.82 Å². The average molecular weight is 288 g/mol. The third-order valence-electron chi connectivity index (χ3n) is 3.24. The van der Waals surface area contributed by atoms with Crippen LogP contribution in [-0.2, 0) is 12.8 Å². The summed E-state index contributed by atoms with van der Waals surface area (Å²) in [5, 5.41) is 0. The van der Waals surface area contributed by atoms with Gasteiger partial charge in [0.25, 0.3) is 0 Å². The number of ether oxygens (including phenoxy) is 2. The largest absolute Gasteiger partial charge is 0.493 e. The quantitative estimate of drug-likeness (QED) is 0.628. The van der Waals surface area contributed by atoms with Crippen LogP contribution in [-0.4, -0.2) is 17.1 Å². The summed E-state index contributed by atoms with van der Waals surface area (Å²) in [6, 6.07) is 5.85. The van der Waals surface area contributed by atoms with E-state index in [1.165, 1.54) is 11.9 Å². The van der Waals surface area contributed by atoms with Gasteiger partial charge in [-0.05, 0) is 30.5 Å². The summed E-state index contributed by atoms with van der Waals surface area (Å²) in [5.74, 6) is 7.79. The topological polar surface area (TPSA) is 82.3 Å². The Balaban J connectivity index is 2.38. The standard InChI is InChI=1S/C15H20N4O2/c1-4-10-6-7-12(13(8-10)20-3)21-15-11(5-2)14(19-16)17-9-18-15/h6-9H,4-5,16H2,1-3H3,(H,17,18,19). The highest BCUT2D eigenvalue weighted by Gasteiger charge is 2.13. The fourth-order valence-electron chi connectivity index (χ4n) is 2.05. The number of hydrazine groups is 1. The number of hydrogen-bond donors (Lipinski definition) is 2. The number of nitrogen functional groups attached to an aromatic ring is 1. The number of aromatic nitrogens is 2. The molecule has 6 heteroatoms. The normalized spacial score (nSPS) is 10.3. The van der Waals surface area contributed by atoms with Gasteiger partial charge >= 0.3 is 0 Å². The number of rotatable bonds is 6. The molecule has 0 aliphatic rings. The first-order valence-corrected chi connectivity index (χ1v) is 6.88. The van der Waals surface area contributed by atoms with Gasteiger partial charge in [0.2, 0.25) is 5.88 Å². The van der Waals surface area contributed by atoms with E-state index in [0.717, 1.165) is 12.0 Å². The average Bonchev–Trinajstić information content (AvgIpc) is 2.54. The van der Waals surface area contributed by atoms with Gasteiger partial charge in [0, 0.05) is 0 Å². The number of methoxy groups -OCH3 is 1. The van der Waals surface area contributed by atoms with Crippen molar-refractivity contribution >= 4 is 5.82 Å². The van der Waals surface area contributed by atoms with Crippen molar-refractivity contribution in [2.24, 2.45) is 5.84 Å². The van der Waals surface area contributed by atoms with Gasteiger partial charge in [-0.1, -0.05) is 19.9 Å². The number of nitrogens with zero attached hydrogens (tertiary/aromatic N) is 2. The van der Waals surface area contributed by atoms with Gasteiger partial charge in [0.05, 0.1) is 12.7 Å². The van der Waals surface area contributed by atoms with Crippen molar-refractivity contribution in [3.63, 3.8) is 0 Å². The lowest BCUT2D eigenvalue weighted by Gasteiger charge is -2.14. The zero-order valence-electron chi connectivity index (χ0n) is 12.5. The number of aryl methyl sites for hydroxylation is 1. The molecule has 0 spiro atoms. The van der Waals surface area contributed by atoms with E-state index in [4.69, 9.17) is 15.3 Å². The van der Waals surface area contributed by atoms with E-state index in [0.29, 0.717) is 29.6 Å². The molecule has 0 saturated heterocycles. The highest BCUT2D eigenvalue weighted by molar-refractivity contribution is 5.51. The summed E-state index contributed by atoms with van der Waals surface area (Å²) in [7, 11) is 1.62. The van der Waals surface area contributed by atoms with Crippen molar-refractivity contribution in [3.05, 3.63) is 35.7 Å². The van der Waals surface area contributed by atoms with Gasteiger partial charge in [0.15, 0.2) is 11.5 Å². The SMILES string of the molecule is CCc1ccc(Oc2ncnc(NN)c2CC)c(OC)c1. The Morgan fingerprint density at radius 1 is 1.14 bits per heavy atom. The smallest absolute Gasteiger partial charge is 0.227 e. The van der Waals surface area contributed by atoms with Crippen LogP contribution in [0, 0.1) is 0 Å². The first-order chi connectivity index (χ1) is 10.2. The summed E-state index contributed by atoms with van der Waals surface area (Å²) in [4.78, 5) is 8.27. The first-order valence-electron chi connectivity index (χ1n) is 6.88. The van der Waals surface area contributed by atoms with Gasteiger partial charge in [-0.3, -0.25) is 0 Å². The highest BCUT2D eigenvalue weighted by atomic mass is 16.5. The molecule has 2 rings (SSSR count). The molecule has 0 radical (unpaired) electrons. The number of nitrogens with two attached hydrogens (primary N) is 1.